The summed E-state index contributed by atoms with van der Waals surface area (Å²) in [5.74, 6) is -0.284. The largest absolute Gasteiger partial charge is 0.460 e. The van der Waals surface area contributed by atoms with E-state index in [2.05, 4.69) is 0 Å². The van der Waals surface area contributed by atoms with Crippen molar-refractivity contribution in [3.05, 3.63) is 42.0 Å². The van der Waals surface area contributed by atoms with Crippen molar-refractivity contribution in [2.75, 3.05) is 0 Å². The molecule has 0 saturated carbocycles. The Balaban J connectivity index is 2.48. The molecule has 0 aliphatic heterocycles. The van der Waals surface area contributed by atoms with Gasteiger partial charge in [-0.2, -0.15) is 0 Å². The summed E-state index contributed by atoms with van der Waals surface area (Å²) >= 11 is 0. The topological polar surface area (TPSA) is 26.3 Å². The molecule has 0 heterocycles. The average Bonchev–Trinajstić information content (AvgIpc) is 2.27. The van der Waals surface area contributed by atoms with Gasteiger partial charge >= 0.3 is 5.97 Å². The molecule has 0 aliphatic carbocycles. The maximum atomic E-state index is 11.3. The van der Waals surface area contributed by atoms with Crippen LogP contribution in [-0.2, 0) is 9.53 Å². The average molecular weight is 204 g/mol. The maximum absolute atomic E-state index is 11.3. The Morgan fingerprint density at radius 3 is 2.67 bits per heavy atom. The van der Waals surface area contributed by atoms with Gasteiger partial charge in [0, 0.05) is 6.08 Å². The van der Waals surface area contributed by atoms with E-state index in [1.165, 1.54) is 6.08 Å². The molecule has 1 aromatic rings. The molecule has 0 fully saturated rings. The molecule has 0 N–H and O–H groups in total. The number of ether oxygens (including phenoxy) is 1. The molecule has 1 aromatic carbocycles. The van der Waals surface area contributed by atoms with Gasteiger partial charge in [0.25, 0.3) is 0 Å². The van der Waals surface area contributed by atoms with E-state index in [9.17, 15) is 4.79 Å². The van der Waals surface area contributed by atoms with Gasteiger partial charge in [0.2, 0.25) is 0 Å². The lowest BCUT2D eigenvalue weighted by Crippen LogP contribution is -2.11. The summed E-state index contributed by atoms with van der Waals surface area (Å²) in [4.78, 5) is 11.3. The summed E-state index contributed by atoms with van der Waals surface area (Å²) in [6.07, 6.45) is 4.04. The smallest absolute Gasteiger partial charge is 0.331 e. The Morgan fingerprint density at radius 1 is 1.40 bits per heavy atom. The van der Waals surface area contributed by atoms with Crippen LogP contribution in [0.4, 0.5) is 0 Å². The van der Waals surface area contributed by atoms with Gasteiger partial charge in [-0.25, -0.2) is 4.79 Å². The van der Waals surface area contributed by atoms with Crippen LogP contribution < -0.4 is 0 Å². The summed E-state index contributed by atoms with van der Waals surface area (Å²) in [7, 11) is 0. The van der Waals surface area contributed by atoms with Crippen molar-refractivity contribution in [2.45, 2.75) is 26.4 Å². The number of esters is 1. The van der Waals surface area contributed by atoms with Crippen molar-refractivity contribution in [1.82, 2.24) is 0 Å². The lowest BCUT2D eigenvalue weighted by Gasteiger charge is -2.07. The minimum Gasteiger partial charge on any atom is -0.460 e. The Morgan fingerprint density at radius 2 is 2.07 bits per heavy atom. The third kappa shape index (κ3) is 4.45. The van der Waals surface area contributed by atoms with E-state index in [0.29, 0.717) is 0 Å². The van der Waals surface area contributed by atoms with Crippen LogP contribution in [0.5, 0.6) is 0 Å². The molecule has 0 radical (unpaired) electrons. The predicted octanol–water partition coefficient (Wildman–Crippen LogP) is 3.04. The highest BCUT2D eigenvalue weighted by Gasteiger charge is 2.02. The molecule has 0 amide bonds. The zero-order valence-corrected chi connectivity index (χ0v) is 9.14. The lowest BCUT2D eigenvalue weighted by atomic mass is 10.2. The molecule has 2 heteroatoms. The molecule has 2 nitrogen and oxygen atoms in total. The van der Waals surface area contributed by atoms with Crippen LogP contribution in [0.1, 0.15) is 25.8 Å². The first-order valence-corrected chi connectivity index (χ1v) is 5.16. The summed E-state index contributed by atoms with van der Waals surface area (Å²) in [6.45, 7) is 3.87. The van der Waals surface area contributed by atoms with Crippen molar-refractivity contribution in [1.29, 1.82) is 0 Å². The summed E-state index contributed by atoms with van der Waals surface area (Å²) in [6, 6.07) is 9.67. The van der Waals surface area contributed by atoms with E-state index >= 15 is 0 Å². The highest BCUT2D eigenvalue weighted by atomic mass is 16.5. The molecule has 0 unspecified atom stereocenters. The Kier molecular flexibility index (Phi) is 4.61. The van der Waals surface area contributed by atoms with E-state index < -0.39 is 0 Å². The quantitative estimate of drug-likeness (QED) is 0.556. The first-order valence-electron chi connectivity index (χ1n) is 5.16. The number of hydrogen-bond acceptors (Lipinski definition) is 2. The fourth-order valence-electron chi connectivity index (χ4n) is 1.05. The van der Waals surface area contributed by atoms with Crippen molar-refractivity contribution >= 4 is 12.0 Å². The van der Waals surface area contributed by atoms with Crippen molar-refractivity contribution in [2.24, 2.45) is 0 Å². The second-order valence-corrected chi connectivity index (χ2v) is 3.40. The van der Waals surface area contributed by atoms with E-state index in [0.717, 1.165) is 12.0 Å². The number of carbonyl (C=O) groups excluding carboxylic acids is 1. The van der Waals surface area contributed by atoms with Crippen molar-refractivity contribution in [3.8, 4) is 0 Å². The Hall–Kier alpha value is -1.57. The van der Waals surface area contributed by atoms with Crippen LogP contribution >= 0.6 is 0 Å². The molecule has 1 rings (SSSR count). The maximum Gasteiger partial charge on any atom is 0.331 e. The third-order valence-electron chi connectivity index (χ3n) is 2.10. The fraction of sp³-hybridized carbons (Fsp3) is 0.308. The predicted molar refractivity (Wildman–Crippen MR) is 61.3 cm³/mol. The van der Waals surface area contributed by atoms with Gasteiger partial charge in [0.1, 0.15) is 0 Å². The molecule has 0 saturated heterocycles. The SMILES string of the molecule is CC[C@H](C)OC(=O)/C=C/c1ccccc1. The van der Waals surface area contributed by atoms with Crippen molar-refractivity contribution < 1.29 is 9.53 Å². The van der Waals surface area contributed by atoms with E-state index in [1.807, 2.05) is 44.2 Å². The highest BCUT2D eigenvalue weighted by Crippen LogP contribution is 2.02. The second-order valence-electron chi connectivity index (χ2n) is 3.40. The van der Waals surface area contributed by atoms with E-state index in [4.69, 9.17) is 4.74 Å². The molecule has 0 spiro atoms. The van der Waals surface area contributed by atoms with Crippen LogP contribution in [0.15, 0.2) is 36.4 Å². The van der Waals surface area contributed by atoms with E-state index in [1.54, 1.807) is 6.08 Å². The second kappa shape index (κ2) is 6.02. The van der Waals surface area contributed by atoms with Gasteiger partial charge in [0.05, 0.1) is 6.10 Å². The third-order valence-corrected chi connectivity index (χ3v) is 2.10. The molecule has 0 aromatic heterocycles. The Bertz CT molecular complexity index is 328. The van der Waals surface area contributed by atoms with Crippen LogP contribution in [0, 0.1) is 0 Å². The Labute approximate surface area is 90.6 Å². The molecule has 0 aliphatic rings. The normalized spacial score (nSPS) is 12.7. The molecule has 1 atom stereocenters. The first-order chi connectivity index (χ1) is 7.22. The van der Waals surface area contributed by atoms with Crippen LogP contribution in [0.3, 0.4) is 0 Å². The fourth-order valence-corrected chi connectivity index (χ4v) is 1.05. The summed E-state index contributed by atoms with van der Waals surface area (Å²) < 4.78 is 5.10. The first kappa shape index (κ1) is 11.5. The molecule has 15 heavy (non-hydrogen) atoms. The van der Waals surface area contributed by atoms with Crippen LogP contribution in [-0.4, -0.2) is 12.1 Å². The van der Waals surface area contributed by atoms with Gasteiger partial charge in [-0.15, -0.1) is 0 Å². The molecular weight excluding hydrogens is 188 g/mol. The monoisotopic (exact) mass is 204 g/mol. The highest BCUT2D eigenvalue weighted by molar-refractivity contribution is 5.87. The minimum absolute atomic E-state index is 0.0158. The number of carbonyl (C=O) groups is 1. The van der Waals surface area contributed by atoms with E-state index in [-0.39, 0.29) is 12.1 Å². The van der Waals surface area contributed by atoms with Gasteiger partial charge < -0.3 is 4.74 Å². The van der Waals surface area contributed by atoms with Crippen LogP contribution in [0.2, 0.25) is 0 Å². The zero-order chi connectivity index (χ0) is 11.1. The lowest BCUT2D eigenvalue weighted by molar-refractivity contribution is -0.142. The minimum atomic E-state index is -0.284. The van der Waals surface area contributed by atoms with Gasteiger partial charge in [0.15, 0.2) is 0 Å². The molecular formula is C13H16O2. The molecule has 0 bridgehead atoms. The van der Waals surface area contributed by atoms with Crippen LogP contribution in [0.25, 0.3) is 6.08 Å². The number of rotatable bonds is 4. The van der Waals surface area contributed by atoms with Gasteiger partial charge in [-0.05, 0) is 25.0 Å². The van der Waals surface area contributed by atoms with Gasteiger partial charge in [-0.3, -0.25) is 0 Å². The summed E-state index contributed by atoms with van der Waals surface area (Å²) in [5.41, 5.74) is 0.999. The van der Waals surface area contributed by atoms with Gasteiger partial charge in [-0.1, -0.05) is 37.3 Å². The molecule has 80 valence electrons. The number of benzene rings is 1. The zero-order valence-electron chi connectivity index (χ0n) is 9.14. The standard InChI is InChI=1S/C13H16O2/c1-3-11(2)15-13(14)10-9-12-7-5-4-6-8-12/h4-11H,3H2,1-2H3/b10-9+/t11-/m0/s1. The summed E-state index contributed by atoms with van der Waals surface area (Å²) in [5, 5.41) is 0. The van der Waals surface area contributed by atoms with Crippen molar-refractivity contribution in [3.63, 3.8) is 0 Å². The number of hydrogen-bond donors (Lipinski definition) is 0.